The van der Waals surface area contributed by atoms with E-state index < -0.39 is 10.0 Å². The molecule has 0 fully saturated rings. The van der Waals surface area contributed by atoms with Gasteiger partial charge in [-0.25, -0.2) is 13.1 Å². The van der Waals surface area contributed by atoms with Crippen LogP contribution >= 0.6 is 0 Å². The largest absolute Gasteiger partial charge is 0.398 e. The number of nitrogen functional groups attached to an aromatic ring is 1. The highest BCUT2D eigenvalue weighted by atomic mass is 32.2. The fraction of sp³-hybridized carbons (Fsp3) is 0.467. The van der Waals surface area contributed by atoms with Crippen LogP contribution in [0.15, 0.2) is 29.2 Å². The van der Waals surface area contributed by atoms with Gasteiger partial charge >= 0.3 is 0 Å². The van der Waals surface area contributed by atoms with Crippen molar-refractivity contribution in [3.05, 3.63) is 35.4 Å². The van der Waals surface area contributed by atoms with Crippen LogP contribution in [0.5, 0.6) is 0 Å². The number of hydrogen-bond acceptors (Lipinski definition) is 3. The summed E-state index contributed by atoms with van der Waals surface area (Å²) < 4.78 is 27.3. The van der Waals surface area contributed by atoms with Crippen LogP contribution in [0.3, 0.4) is 0 Å². The molecule has 0 spiro atoms. The average Bonchev–Trinajstić information content (AvgIpc) is 2.43. The normalized spacial score (nSPS) is 19.2. The van der Waals surface area contributed by atoms with Crippen LogP contribution < -0.4 is 10.5 Å². The molecule has 4 nitrogen and oxygen atoms in total. The molecule has 1 aliphatic carbocycles. The van der Waals surface area contributed by atoms with Gasteiger partial charge in [-0.3, -0.25) is 0 Å². The van der Waals surface area contributed by atoms with E-state index in [9.17, 15) is 8.42 Å². The highest BCUT2D eigenvalue weighted by Crippen LogP contribution is 2.22. The summed E-state index contributed by atoms with van der Waals surface area (Å²) in [6.45, 7) is 4.25. The van der Waals surface area contributed by atoms with Crippen molar-refractivity contribution in [3.63, 3.8) is 0 Å². The van der Waals surface area contributed by atoms with Gasteiger partial charge in [0, 0.05) is 12.2 Å². The fourth-order valence-corrected chi connectivity index (χ4v) is 3.60. The maximum absolute atomic E-state index is 12.3. The Morgan fingerprint density at radius 3 is 2.65 bits per heavy atom. The van der Waals surface area contributed by atoms with Crippen LogP contribution in [0, 0.1) is 19.8 Å². The first-order valence-electron chi connectivity index (χ1n) is 6.91. The zero-order valence-electron chi connectivity index (χ0n) is 12.0. The van der Waals surface area contributed by atoms with Gasteiger partial charge in [-0.2, -0.15) is 0 Å². The van der Waals surface area contributed by atoms with Crippen molar-refractivity contribution in [1.29, 1.82) is 0 Å². The molecule has 0 saturated carbocycles. The van der Waals surface area contributed by atoms with E-state index in [1.165, 1.54) is 6.07 Å². The molecule has 2 rings (SSSR count). The smallest absolute Gasteiger partial charge is 0.240 e. The topological polar surface area (TPSA) is 72.2 Å². The summed E-state index contributed by atoms with van der Waals surface area (Å²) in [6.07, 6.45) is 7.28. The summed E-state index contributed by atoms with van der Waals surface area (Å²) in [7, 11) is -3.48. The van der Waals surface area contributed by atoms with Crippen LogP contribution in [-0.2, 0) is 10.0 Å². The summed E-state index contributed by atoms with van der Waals surface area (Å²) in [5.41, 5.74) is 8.20. The lowest BCUT2D eigenvalue weighted by molar-refractivity contribution is 0.468. The predicted molar refractivity (Wildman–Crippen MR) is 82.0 cm³/mol. The van der Waals surface area contributed by atoms with Gasteiger partial charge in [-0.1, -0.05) is 12.2 Å². The minimum absolute atomic E-state index is 0.254. The van der Waals surface area contributed by atoms with E-state index in [1.54, 1.807) is 6.07 Å². The van der Waals surface area contributed by atoms with Crippen LogP contribution in [0.1, 0.15) is 30.4 Å². The highest BCUT2D eigenvalue weighted by Gasteiger charge is 2.18. The molecule has 0 aromatic heterocycles. The molecule has 0 bridgehead atoms. The monoisotopic (exact) mass is 294 g/mol. The average molecular weight is 294 g/mol. The molecule has 0 aliphatic heterocycles. The molecule has 1 atom stereocenters. The van der Waals surface area contributed by atoms with Crippen molar-refractivity contribution in [2.75, 3.05) is 12.3 Å². The van der Waals surface area contributed by atoms with Gasteiger partial charge < -0.3 is 5.73 Å². The molecular weight excluding hydrogens is 272 g/mol. The Bertz CT molecular complexity index is 598. The van der Waals surface area contributed by atoms with E-state index in [4.69, 9.17) is 5.73 Å². The summed E-state index contributed by atoms with van der Waals surface area (Å²) >= 11 is 0. The number of hydrogen-bond donors (Lipinski definition) is 2. The van der Waals surface area contributed by atoms with Crippen LogP contribution in [0.2, 0.25) is 0 Å². The lowest BCUT2D eigenvalue weighted by atomic mass is 9.95. The van der Waals surface area contributed by atoms with Crippen molar-refractivity contribution in [1.82, 2.24) is 4.72 Å². The van der Waals surface area contributed by atoms with Crippen molar-refractivity contribution in [3.8, 4) is 0 Å². The molecule has 110 valence electrons. The molecule has 1 aromatic carbocycles. The zero-order chi connectivity index (χ0) is 14.8. The van der Waals surface area contributed by atoms with Gasteiger partial charge in [0.15, 0.2) is 0 Å². The summed E-state index contributed by atoms with van der Waals surface area (Å²) in [6, 6.07) is 3.21. The van der Waals surface area contributed by atoms with E-state index in [2.05, 4.69) is 16.9 Å². The third kappa shape index (κ3) is 3.41. The Hall–Kier alpha value is -1.33. The van der Waals surface area contributed by atoms with Gasteiger partial charge in [0.1, 0.15) is 0 Å². The minimum atomic E-state index is -3.48. The number of anilines is 1. The summed E-state index contributed by atoms with van der Waals surface area (Å²) in [5, 5.41) is 0. The van der Waals surface area contributed by atoms with Crippen LogP contribution in [-0.4, -0.2) is 15.0 Å². The second kappa shape index (κ2) is 5.97. The van der Waals surface area contributed by atoms with Crippen molar-refractivity contribution in [2.45, 2.75) is 38.0 Å². The predicted octanol–water partition coefficient (Wildman–Crippen LogP) is 2.52. The zero-order valence-corrected chi connectivity index (χ0v) is 12.8. The molecular formula is C15H22N2O2S. The van der Waals surface area contributed by atoms with Gasteiger partial charge in [0.25, 0.3) is 0 Å². The van der Waals surface area contributed by atoms with Gasteiger partial charge in [-0.15, -0.1) is 0 Å². The molecule has 0 heterocycles. The Morgan fingerprint density at radius 2 is 2.05 bits per heavy atom. The lowest BCUT2D eigenvalue weighted by Crippen LogP contribution is -2.30. The van der Waals surface area contributed by atoms with Gasteiger partial charge in [-0.05, 0) is 62.3 Å². The first-order valence-corrected chi connectivity index (χ1v) is 8.40. The molecule has 3 N–H and O–H groups in total. The lowest BCUT2D eigenvalue weighted by Gasteiger charge is -2.18. The number of sulfonamides is 1. The van der Waals surface area contributed by atoms with Crippen molar-refractivity contribution in [2.24, 2.45) is 5.92 Å². The van der Waals surface area contributed by atoms with Crippen LogP contribution in [0.25, 0.3) is 0 Å². The molecule has 0 amide bonds. The Kier molecular flexibility index (Phi) is 4.50. The molecule has 1 aromatic rings. The number of benzene rings is 1. The third-order valence-corrected chi connectivity index (χ3v) is 5.33. The molecule has 20 heavy (non-hydrogen) atoms. The van der Waals surface area contributed by atoms with E-state index >= 15 is 0 Å². The number of rotatable bonds is 4. The molecule has 1 unspecified atom stereocenters. The van der Waals surface area contributed by atoms with Gasteiger partial charge in [0.2, 0.25) is 10.0 Å². The number of aryl methyl sites for hydroxylation is 1. The Labute approximate surface area is 121 Å². The maximum Gasteiger partial charge on any atom is 0.240 e. The summed E-state index contributed by atoms with van der Waals surface area (Å²) in [4.78, 5) is 0.254. The highest BCUT2D eigenvalue weighted by molar-refractivity contribution is 7.89. The van der Waals surface area contributed by atoms with Crippen LogP contribution in [0.4, 0.5) is 5.69 Å². The molecule has 5 heteroatoms. The summed E-state index contributed by atoms with van der Waals surface area (Å²) in [5.74, 6) is 0.388. The number of nitrogens with two attached hydrogens (primary N) is 1. The molecule has 1 aliphatic rings. The number of nitrogens with one attached hydrogen (secondary N) is 1. The molecule has 0 radical (unpaired) electrons. The van der Waals surface area contributed by atoms with Crippen molar-refractivity contribution >= 4 is 15.7 Å². The third-order valence-electron chi connectivity index (χ3n) is 3.93. The van der Waals surface area contributed by atoms with Gasteiger partial charge in [0.05, 0.1) is 4.90 Å². The van der Waals surface area contributed by atoms with E-state index in [1.807, 2.05) is 13.8 Å². The second-order valence-electron chi connectivity index (χ2n) is 5.46. The maximum atomic E-state index is 12.3. The van der Waals surface area contributed by atoms with E-state index in [0.717, 1.165) is 30.4 Å². The first kappa shape index (κ1) is 15.1. The Balaban J connectivity index is 2.12. The minimum Gasteiger partial charge on any atom is -0.398 e. The van der Waals surface area contributed by atoms with E-state index in [0.29, 0.717) is 18.2 Å². The standard InChI is InChI=1S/C15H22N2O2S/c1-11-8-14(9-15(16)12(11)2)20(18,19)17-10-13-6-4-3-5-7-13/h3-4,8-9,13,17H,5-7,10,16H2,1-2H3. The Morgan fingerprint density at radius 1 is 1.30 bits per heavy atom. The quantitative estimate of drug-likeness (QED) is 0.662. The fourth-order valence-electron chi connectivity index (χ4n) is 2.36. The number of allylic oxidation sites excluding steroid dienone is 2. The second-order valence-corrected chi connectivity index (χ2v) is 7.22. The van der Waals surface area contributed by atoms with E-state index in [-0.39, 0.29) is 4.90 Å². The van der Waals surface area contributed by atoms with Crippen molar-refractivity contribution < 1.29 is 8.42 Å². The first-order chi connectivity index (χ1) is 9.40. The molecule has 0 saturated heterocycles. The SMILES string of the molecule is Cc1cc(S(=O)(=O)NCC2CC=CCC2)cc(N)c1C.